The molecule has 0 aliphatic carbocycles. The lowest BCUT2D eigenvalue weighted by atomic mass is 10.00. The first-order chi connectivity index (χ1) is 6.89. The molecule has 0 saturated carbocycles. The Bertz CT molecular complexity index is 336. The van der Waals surface area contributed by atoms with Crippen molar-refractivity contribution in [1.82, 2.24) is 9.78 Å². The van der Waals surface area contributed by atoms with Crippen molar-refractivity contribution >= 4 is 15.9 Å². The second kappa shape index (κ2) is 4.66. The molecule has 0 unspecified atom stereocenters. The van der Waals surface area contributed by atoms with Crippen LogP contribution in [0.1, 0.15) is 39.1 Å². The van der Waals surface area contributed by atoms with E-state index < -0.39 is 0 Å². The minimum Gasteiger partial charge on any atom is -0.325 e. The van der Waals surface area contributed by atoms with Crippen LogP contribution < -0.4 is 5.73 Å². The third-order valence-electron chi connectivity index (χ3n) is 2.32. The average molecular weight is 274 g/mol. The van der Waals surface area contributed by atoms with Crippen LogP contribution in [-0.4, -0.2) is 15.3 Å². The summed E-state index contributed by atoms with van der Waals surface area (Å²) in [7, 11) is 0. The smallest absolute Gasteiger partial charge is 0.0766 e. The van der Waals surface area contributed by atoms with Gasteiger partial charge in [-0.05, 0) is 43.1 Å². The largest absolute Gasteiger partial charge is 0.325 e. The minimum atomic E-state index is -0.194. The number of aromatic nitrogens is 2. The Morgan fingerprint density at radius 2 is 2.00 bits per heavy atom. The molecule has 2 N–H and O–H groups in total. The highest BCUT2D eigenvalue weighted by Crippen LogP contribution is 2.25. The molecule has 0 spiro atoms. The van der Waals surface area contributed by atoms with Gasteiger partial charge < -0.3 is 5.73 Å². The van der Waals surface area contributed by atoms with Crippen molar-refractivity contribution in [2.75, 3.05) is 0 Å². The normalized spacial score (nSPS) is 12.1. The fourth-order valence-corrected chi connectivity index (χ4v) is 2.32. The first kappa shape index (κ1) is 12.7. The number of nitrogens with two attached hydrogens (primary N) is 1. The lowest BCUT2D eigenvalue weighted by Gasteiger charge is -2.19. The Balaban J connectivity index is 3.09. The van der Waals surface area contributed by atoms with Gasteiger partial charge in [0.2, 0.25) is 0 Å². The summed E-state index contributed by atoms with van der Waals surface area (Å²) in [6.45, 7) is 9.19. The van der Waals surface area contributed by atoms with Gasteiger partial charge in [0.05, 0.1) is 15.9 Å². The van der Waals surface area contributed by atoms with Crippen LogP contribution in [0.3, 0.4) is 0 Å². The third-order valence-corrected chi connectivity index (χ3v) is 3.23. The quantitative estimate of drug-likeness (QED) is 0.916. The van der Waals surface area contributed by atoms with Gasteiger partial charge >= 0.3 is 0 Å². The summed E-state index contributed by atoms with van der Waals surface area (Å²) < 4.78 is 3.17. The van der Waals surface area contributed by atoms with Gasteiger partial charge in [0.25, 0.3) is 0 Å². The number of hydrogen-bond donors (Lipinski definition) is 1. The molecule has 0 fully saturated rings. The molecule has 1 rings (SSSR count). The molecule has 0 aliphatic heterocycles. The maximum absolute atomic E-state index is 6.05. The Labute approximate surface area is 100 Å². The molecule has 0 saturated heterocycles. The van der Waals surface area contributed by atoms with Gasteiger partial charge in [-0.1, -0.05) is 6.92 Å². The number of hydrogen-bond acceptors (Lipinski definition) is 2. The molecule has 0 radical (unpaired) electrons. The standard InChI is InChI=1S/C11H20BrN3/c1-5-8-10(12)9(7-11(3,4)13)15(6-2)14-8/h5-7,13H2,1-4H3. The number of rotatable bonds is 4. The van der Waals surface area contributed by atoms with Crippen LogP contribution >= 0.6 is 15.9 Å². The van der Waals surface area contributed by atoms with Crippen molar-refractivity contribution in [1.29, 1.82) is 0 Å². The molecule has 4 heteroatoms. The molecule has 86 valence electrons. The second-order valence-electron chi connectivity index (χ2n) is 4.54. The van der Waals surface area contributed by atoms with Gasteiger partial charge in [-0.3, -0.25) is 4.68 Å². The van der Waals surface area contributed by atoms with Crippen LogP contribution in [0.4, 0.5) is 0 Å². The van der Waals surface area contributed by atoms with Crippen molar-refractivity contribution in [3.63, 3.8) is 0 Å². The average Bonchev–Trinajstić information content (AvgIpc) is 2.42. The topological polar surface area (TPSA) is 43.8 Å². The highest BCUT2D eigenvalue weighted by molar-refractivity contribution is 9.10. The fourth-order valence-electron chi connectivity index (χ4n) is 1.62. The molecule has 0 amide bonds. The van der Waals surface area contributed by atoms with E-state index in [1.165, 1.54) is 5.69 Å². The molecule has 1 aromatic heterocycles. The van der Waals surface area contributed by atoms with Crippen LogP contribution in [0, 0.1) is 0 Å². The monoisotopic (exact) mass is 273 g/mol. The van der Waals surface area contributed by atoms with E-state index in [-0.39, 0.29) is 5.54 Å². The summed E-state index contributed by atoms with van der Waals surface area (Å²) in [6, 6.07) is 0. The predicted molar refractivity (Wildman–Crippen MR) is 66.9 cm³/mol. The van der Waals surface area contributed by atoms with E-state index in [0.717, 1.165) is 29.6 Å². The first-order valence-electron chi connectivity index (χ1n) is 5.42. The zero-order valence-electron chi connectivity index (χ0n) is 9.97. The molecule has 1 heterocycles. The highest BCUT2D eigenvalue weighted by Gasteiger charge is 2.20. The van der Waals surface area contributed by atoms with Gasteiger partial charge in [0.15, 0.2) is 0 Å². The van der Waals surface area contributed by atoms with Crippen LogP contribution in [0.2, 0.25) is 0 Å². The Morgan fingerprint density at radius 1 is 1.40 bits per heavy atom. The number of aryl methyl sites for hydroxylation is 2. The van der Waals surface area contributed by atoms with E-state index in [9.17, 15) is 0 Å². The second-order valence-corrected chi connectivity index (χ2v) is 5.34. The van der Waals surface area contributed by atoms with E-state index in [1.54, 1.807) is 0 Å². The van der Waals surface area contributed by atoms with Crippen LogP contribution in [0.5, 0.6) is 0 Å². The Morgan fingerprint density at radius 3 is 2.40 bits per heavy atom. The zero-order chi connectivity index (χ0) is 11.6. The van der Waals surface area contributed by atoms with Crippen molar-refractivity contribution in [3.8, 4) is 0 Å². The molecule has 0 bridgehead atoms. The van der Waals surface area contributed by atoms with Gasteiger partial charge in [-0.2, -0.15) is 5.10 Å². The summed E-state index contributed by atoms with van der Waals surface area (Å²) in [5.74, 6) is 0. The molecule has 0 aromatic carbocycles. The molecular formula is C11H20BrN3. The summed E-state index contributed by atoms with van der Waals surface area (Å²) in [6.07, 6.45) is 1.79. The first-order valence-corrected chi connectivity index (χ1v) is 6.21. The zero-order valence-corrected chi connectivity index (χ0v) is 11.6. The lowest BCUT2D eigenvalue weighted by molar-refractivity contribution is 0.483. The maximum atomic E-state index is 6.05. The van der Waals surface area contributed by atoms with Gasteiger partial charge in [0, 0.05) is 18.5 Å². The third kappa shape index (κ3) is 3.05. The van der Waals surface area contributed by atoms with Crippen LogP contribution in [0.15, 0.2) is 4.47 Å². The van der Waals surface area contributed by atoms with E-state index in [2.05, 4.69) is 34.9 Å². The van der Waals surface area contributed by atoms with E-state index in [4.69, 9.17) is 5.73 Å². The molecule has 15 heavy (non-hydrogen) atoms. The fraction of sp³-hybridized carbons (Fsp3) is 0.727. The van der Waals surface area contributed by atoms with Crippen molar-refractivity contribution < 1.29 is 0 Å². The molecule has 3 nitrogen and oxygen atoms in total. The molecule has 1 aromatic rings. The highest BCUT2D eigenvalue weighted by atomic mass is 79.9. The summed E-state index contributed by atoms with van der Waals surface area (Å²) in [5.41, 5.74) is 8.19. The predicted octanol–water partition coefficient (Wildman–Crippen LogP) is 2.51. The lowest BCUT2D eigenvalue weighted by Crippen LogP contribution is -2.35. The van der Waals surface area contributed by atoms with Crippen molar-refractivity contribution in [3.05, 3.63) is 15.9 Å². The Hall–Kier alpha value is -0.350. The number of halogens is 1. The van der Waals surface area contributed by atoms with Gasteiger partial charge in [-0.25, -0.2) is 0 Å². The maximum Gasteiger partial charge on any atom is 0.0766 e. The molecular weight excluding hydrogens is 254 g/mol. The molecule has 0 atom stereocenters. The van der Waals surface area contributed by atoms with Crippen LogP contribution in [0.25, 0.3) is 0 Å². The minimum absolute atomic E-state index is 0.194. The molecule has 0 aliphatic rings. The van der Waals surface area contributed by atoms with E-state index in [1.807, 2.05) is 18.5 Å². The summed E-state index contributed by atoms with van der Waals surface area (Å²) >= 11 is 3.62. The summed E-state index contributed by atoms with van der Waals surface area (Å²) in [4.78, 5) is 0. The number of nitrogens with zero attached hydrogens (tertiary/aromatic N) is 2. The van der Waals surface area contributed by atoms with Gasteiger partial charge in [-0.15, -0.1) is 0 Å². The van der Waals surface area contributed by atoms with Crippen molar-refractivity contribution in [2.24, 2.45) is 5.73 Å². The SMILES string of the molecule is CCc1nn(CC)c(CC(C)(C)N)c1Br. The van der Waals surface area contributed by atoms with Crippen LogP contribution in [-0.2, 0) is 19.4 Å². The van der Waals surface area contributed by atoms with E-state index in [0.29, 0.717) is 0 Å². The van der Waals surface area contributed by atoms with Crippen molar-refractivity contribution in [2.45, 2.75) is 52.6 Å². The van der Waals surface area contributed by atoms with E-state index >= 15 is 0 Å². The van der Waals surface area contributed by atoms with Gasteiger partial charge in [0.1, 0.15) is 0 Å². The summed E-state index contributed by atoms with van der Waals surface area (Å²) in [5, 5.41) is 4.55. The Kier molecular flexibility index (Phi) is 3.95.